The van der Waals surface area contributed by atoms with Gasteiger partial charge in [-0.2, -0.15) is 0 Å². The van der Waals surface area contributed by atoms with Crippen molar-refractivity contribution in [1.29, 1.82) is 0 Å². The summed E-state index contributed by atoms with van der Waals surface area (Å²) in [6.07, 6.45) is 0.738. The van der Waals surface area contributed by atoms with Gasteiger partial charge in [-0.05, 0) is 55.0 Å². The Morgan fingerprint density at radius 2 is 1.95 bits per heavy atom. The molecular formula is C16H17NO4S. The zero-order valence-corrected chi connectivity index (χ0v) is 13.0. The summed E-state index contributed by atoms with van der Waals surface area (Å²) in [5.41, 5.74) is 1.43. The molecule has 1 heterocycles. The van der Waals surface area contributed by atoms with E-state index in [0.29, 0.717) is 24.7 Å². The van der Waals surface area contributed by atoms with Gasteiger partial charge in [0, 0.05) is 12.1 Å². The van der Waals surface area contributed by atoms with Crippen molar-refractivity contribution in [3.8, 4) is 11.5 Å². The molecule has 0 radical (unpaired) electrons. The molecule has 0 bridgehead atoms. The van der Waals surface area contributed by atoms with E-state index >= 15 is 0 Å². The predicted molar refractivity (Wildman–Crippen MR) is 84.1 cm³/mol. The van der Waals surface area contributed by atoms with Crippen molar-refractivity contribution in [3.05, 3.63) is 48.0 Å². The van der Waals surface area contributed by atoms with Gasteiger partial charge < -0.3 is 9.47 Å². The Kier molecular flexibility index (Phi) is 3.94. The molecule has 1 N–H and O–H groups in total. The van der Waals surface area contributed by atoms with E-state index in [9.17, 15) is 8.42 Å². The van der Waals surface area contributed by atoms with Crippen LogP contribution in [0.2, 0.25) is 0 Å². The maximum Gasteiger partial charge on any atom is 0.261 e. The van der Waals surface area contributed by atoms with E-state index in [4.69, 9.17) is 9.47 Å². The summed E-state index contributed by atoms with van der Waals surface area (Å²) in [4.78, 5) is 0.241. The first kappa shape index (κ1) is 14.7. The molecule has 0 unspecified atom stereocenters. The van der Waals surface area contributed by atoms with Crippen LogP contribution < -0.4 is 14.2 Å². The number of sulfonamides is 1. The normalized spacial score (nSPS) is 13.3. The lowest BCUT2D eigenvalue weighted by atomic mass is 10.2. The van der Waals surface area contributed by atoms with Crippen LogP contribution in [0, 0.1) is 0 Å². The molecule has 0 aromatic heterocycles. The Morgan fingerprint density at radius 3 is 2.68 bits per heavy atom. The molecule has 0 amide bonds. The highest BCUT2D eigenvalue weighted by atomic mass is 32.2. The minimum atomic E-state index is -3.61. The topological polar surface area (TPSA) is 64.6 Å². The van der Waals surface area contributed by atoms with Crippen LogP contribution in [0.15, 0.2) is 47.4 Å². The maximum absolute atomic E-state index is 12.4. The van der Waals surface area contributed by atoms with Gasteiger partial charge in [0.15, 0.2) is 0 Å². The Hall–Kier alpha value is -2.21. The number of anilines is 1. The van der Waals surface area contributed by atoms with Crippen LogP contribution in [0.5, 0.6) is 11.5 Å². The van der Waals surface area contributed by atoms with Crippen molar-refractivity contribution >= 4 is 15.7 Å². The second-order valence-corrected chi connectivity index (χ2v) is 6.61. The van der Waals surface area contributed by atoms with Crippen LogP contribution in [-0.2, 0) is 16.4 Å². The van der Waals surface area contributed by atoms with Gasteiger partial charge >= 0.3 is 0 Å². The highest BCUT2D eigenvalue weighted by Crippen LogP contribution is 2.28. The zero-order valence-electron chi connectivity index (χ0n) is 12.2. The number of fused-ring (bicyclic) bond motifs is 1. The fourth-order valence-corrected chi connectivity index (χ4v) is 3.44. The lowest BCUT2D eigenvalue weighted by Crippen LogP contribution is -2.13. The lowest BCUT2D eigenvalue weighted by molar-refractivity contribution is 0.340. The third-order valence-electron chi connectivity index (χ3n) is 3.39. The predicted octanol–water partition coefficient (Wildman–Crippen LogP) is 2.82. The van der Waals surface area contributed by atoms with E-state index in [1.54, 1.807) is 42.5 Å². The van der Waals surface area contributed by atoms with Crippen LogP contribution in [-0.4, -0.2) is 21.6 Å². The molecule has 6 heteroatoms. The molecule has 0 aliphatic carbocycles. The largest absolute Gasteiger partial charge is 0.494 e. The third kappa shape index (κ3) is 3.01. The summed E-state index contributed by atoms with van der Waals surface area (Å²) in [7, 11) is -3.61. The molecular weight excluding hydrogens is 302 g/mol. The highest BCUT2D eigenvalue weighted by Gasteiger charge is 2.19. The van der Waals surface area contributed by atoms with Gasteiger partial charge in [-0.15, -0.1) is 0 Å². The van der Waals surface area contributed by atoms with E-state index in [-0.39, 0.29) is 4.90 Å². The van der Waals surface area contributed by atoms with E-state index in [2.05, 4.69) is 4.72 Å². The monoisotopic (exact) mass is 319 g/mol. The second kappa shape index (κ2) is 5.88. The maximum atomic E-state index is 12.4. The van der Waals surface area contributed by atoms with Crippen molar-refractivity contribution in [2.75, 3.05) is 17.9 Å². The van der Waals surface area contributed by atoms with E-state index in [0.717, 1.165) is 17.7 Å². The minimum absolute atomic E-state index is 0.241. The minimum Gasteiger partial charge on any atom is -0.494 e. The fraction of sp³-hybridized carbons (Fsp3) is 0.250. The molecule has 0 spiro atoms. The van der Waals surface area contributed by atoms with Gasteiger partial charge in [0.1, 0.15) is 11.5 Å². The molecule has 2 aromatic rings. The molecule has 0 saturated heterocycles. The molecule has 116 valence electrons. The van der Waals surface area contributed by atoms with E-state index in [1.807, 2.05) is 6.92 Å². The first-order valence-corrected chi connectivity index (χ1v) is 8.58. The van der Waals surface area contributed by atoms with Gasteiger partial charge in [-0.3, -0.25) is 4.72 Å². The van der Waals surface area contributed by atoms with Crippen LogP contribution >= 0.6 is 0 Å². The molecule has 0 saturated carbocycles. The zero-order chi connectivity index (χ0) is 15.6. The standard InChI is InChI=1S/C16H17NO4S/c1-2-20-14-5-3-13(4-6-14)17-22(18,19)15-7-8-16-12(11-15)9-10-21-16/h3-8,11,17H,2,9-10H2,1H3. The van der Waals surface area contributed by atoms with Crippen LogP contribution in [0.3, 0.4) is 0 Å². The van der Waals surface area contributed by atoms with Gasteiger partial charge in [-0.25, -0.2) is 8.42 Å². The van der Waals surface area contributed by atoms with Gasteiger partial charge in [0.25, 0.3) is 10.0 Å². The molecule has 0 atom stereocenters. The van der Waals surface area contributed by atoms with E-state index in [1.165, 1.54) is 0 Å². The van der Waals surface area contributed by atoms with E-state index < -0.39 is 10.0 Å². The van der Waals surface area contributed by atoms with Gasteiger partial charge in [-0.1, -0.05) is 0 Å². The first-order chi connectivity index (χ1) is 10.6. The Labute approximate surface area is 129 Å². The average Bonchev–Trinajstić information content (AvgIpc) is 2.97. The average molecular weight is 319 g/mol. The fourth-order valence-electron chi connectivity index (χ4n) is 2.33. The Morgan fingerprint density at radius 1 is 1.18 bits per heavy atom. The van der Waals surface area contributed by atoms with Crippen LogP contribution in [0.1, 0.15) is 12.5 Å². The molecule has 3 rings (SSSR count). The number of nitrogens with one attached hydrogen (secondary N) is 1. The summed E-state index contributed by atoms with van der Waals surface area (Å²) < 4.78 is 38.2. The molecule has 5 nitrogen and oxygen atoms in total. The highest BCUT2D eigenvalue weighted by molar-refractivity contribution is 7.92. The smallest absolute Gasteiger partial charge is 0.261 e. The van der Waals surface area contributed by atoms with Crippen LogP contribution in [0.25, 0.3) is 0 Å². The van der Waals surface area contributed by atoms with Crippen molar-refractivity contribution in [2.24, 2.45) is 0 Å². The van der Waals surface area contributed by atoms with Gasteiger partial charge in [0.2, 0.25) is 0 Å². The molecule has 1 aliphatic rings. The lowest BCUT2D eigenvalue weighted by Gasteiger charge is -2.10. The van der Waals surface area contributed by atoms with Crippen molar-refractivity contribution in [3.63, 3.8) is 0 Å². The quantitative estimate of drug-likeness (QED) is 0.920. The number of hydrogen-bond acceptors (Lipinski definition) is 4. The van der Waals surface area contributed by atoms with Crippen molar-refractivity contribution in [1.82, 2.24) is 0 Å². The Balaban J connectivity index is 1.81. The molecule has 2 aromatic carbocycles. The summed E-state index contributed by atoms with van der Waals surface area (Å²) in [6, 6.07) is 11.8. The molecule has 22 heavy (non-hydrogen) atoms. The third-order valence-corrected chi connectivity index (χ3v) is 4.77. The van der Waals surface area contributed by atoms with Gasteiger partial charge in [0.05, 0.1) is 18.1 Å². The summed E-state index contributed by atoms with van der Waals surface area (Å²) >= 11 is 0. The molecule has 0 fully saturated rings. The second-order valence-electron chi connectivity index (χ2n) is 4.93. The SMILES string of the molecule is CCOc1ccc(NS(=O)(=O)c2ccc3c(c2)CCO3)cc1. The number of rotatable bonds is 5. The first-order valence-electron chi connectivity index (χ1n) is 7.10. The summed E-state index contributed by atoms with van der Waals surface area (Å²) in [5.74, 6) is 1.47. The van der Waals surface area contributed by atoms with Crippen molar-refractivity contribution < 1.29 is 17.9 Å². The number of hydrogen-bond donors (Lipinski definition) is 1. The molecule has 1 aliphatic heterocycles. The summed E-state index contributed by atoms with van der Waals surface area (Å²) in [6.45, 7) is 3.07. The summed E-state index contributed by atoms with van der Waals surface area (Å²) in [5, 5.41) is 0. The number of benzene rings is 2. The van der Waals surface area contributed by atoms with Crippen LogP contribution in [0.4, 0.5) is 5.69 Å². The number of ether oxygens (including phenoxy) is 2. The van der Waals surface area contributed by atoms with Crippen molar-refractivity contribution in [2.45, 2.75) is 18.2 Å². The Bertz CT molecular complexity index is 769.